The monoisotopic (exact) mass is 215 g/mol. The fraction of sp³-hybridized carbons (Fsp3) is 0.556. The molecule has 0 bridgehead atoms. The second-order valence-corrected chi connectivity index (χ2v) is 4.04. The summed E-state index contributed by atoms with van der Waals surface area (Å²) in [6, 6.07) is 1.82. The maximum Gasteiger partial charge on any atom is 0.0853 e. The SMILES string of the molecule is CC(C)(CCl)/C(Cn1cccn1)=N\O. The van der Waals surface area contributed by atoms with Gasteiger partial charge in [0.2, 0.25) is 0 Å². The Morgan fingerprint density at radius 3 is 2.79 bits per heavy atom. The summed E-state index contributed by atoms with van der Waals surface area (Å²) in [6.45, 7) is 4.32. The van der Waals surface area contributed by atoms with Gasteiger partial charge in [0, 0.05) is 23.7 Å². The number of oxime groups is 1. The molecule has 1 heterocycles. The minimum atomic E-state index is -0.317. The first-order valence-corrected chi connectivity index (χ1v) is 4.88. The van der Waals surface area contributed by atoms with E-state index in [2.05, 4.69) is 10.3 Å². The number of alkyl halides is 1. The van der Waals surface area contributed by atoms with Crippen molar-refractivity contribution in [1.29, 1.82) is 0 Å². The highest BCUT2D eigenvalue weighted by Crippen LogP contribution is 2.20. The Morgan fingerprint density at radius 1 is 1.64 bits per heavy atom. The highest BCUT2D eigenvalue weighted by molar-refractivity contribution is 6.20. The fourth-order valence-electron chi connectivity index (χ4n) is 1.01. The van der Waals surface area contributed by atoms with Crippen molar-refractivity contribution in [2.24, 2.45) is 10.6 Å². The smallest absolute Gasteiger partial charge is 0.0853 e. The molecule has 0 saturated carbocycles. The molecular weight excluding hydrogens is 202 g/mol. The molecule has 5 heteroatoms. The number of rotatable bonds is 4. The van der Waals surface area contributed by atoms with E-state index in [0.717, 1.165) is 0 Å². The van der Waals surface area contributed by atoms with E-state index in [9.17, 15) is 0 Å². The Hall–Kier alpha value is -1.03. The molecule has 14 heavy (non-hydrogen) atoms. The molecule has 0 aromatic carbocycles. The number of hydrogen-bond donors (Lipinski definition) is 1. The maximum atomic E-state index is 8.88. The van der Waals surface area contributed by atoms with Crippen molar-refractivity contribution in [3.8, 4) is 0 Å². The van der Waals surface area contributed by atoms with Crippen LogP contribution < -0.4 is 0 Å². The summed E-state index contributed by atoms with van der Waals surface area (Å²) in [7, 11) is 0. The molecule has 0 fully saturated rings. The Balaban J connectivity index is 2.75. The van der Waals surface area contributed by atoms with Crippen LogP contribution in [0.15, 0.2) is 23.6 Å². The summed E-state index contributed by atoms with van der Waals surface area (Å²) in [4.78, 5) is 0. The van der Waals surface area contributed by atoms with Crippen molar-refractivity contribution in [2.45, 2.75) is 20.4 Å². The molecule has 0 aliphatic carbocycles. The minimum Gasteiger partial charge on any atom is -0.411 e. The lowest BCUT2D eigenvalue weighted by atomic mass is 9.90. The molecule has 0 radical (unpaired) electrons. The number of halogens is 1. The summed E-state index contributed by atoms with van der Waals surface area (Å²) >= 11 is 5.79. The maximum absolute atomic E-state index is 8.88. The van der Waals surface area contributed by atoms with Gasteiger partial charge in [0.1, 0.15) is 0 Å². The third-order valence-electron chi connectivity index (χ3n) is 2.11. The van der Waals surface area contributed by atoms with Crippen molar-refractivity contribution >= 4 is 17.3 Å². The molecule has 0 atom stereocenters. The van der Waals surface area contributed by atoms with Gasteiger partial charge >= 0.3 is 0 Å². The highest BCUT2D eigenvalue weighted by atomic mass is 35.5. The molecule has 0 spiro atoms. The van der Waals surface area contributed by atoms with E-state index in [1.54, 1.807) is 10.9 Å². The molecule has 0 aliphatic rings. The quantitative estimate of drug-likeness (QED) is 0.361. The molecule has 78 valence electrons. The number of hydrogen-bond acceptors (Lipinski definition) is 3. The topological polar surface area (TPSA) is 50.4 Å². The summed E-state index contributed by atoms with van der Waals surface area (Å²) < 4.78 is 1.70. The zero-order valence-corrected chi connectivity index (χ0v) is 9.07. The van der Waals surface area contributed by atoms with E-state index >= 15 is 0 Å². The van der Waals surface area contributed by atoms with Crippen LogP contribution in [0.25, 0.3) is 0 Å². The molecular formula is C9H14ClN3O. The summed E-state index contributed by atoms with van der Waals surface area (Å²) in [5.74, 6) is 0.410. The lowest BCUT2D eigenvalue weighted by Crippen LogP contribution is -2.30. The minimum absolute atomic E-state index is 0.317. The van der Waals surface area contributed by atoms with E-state index in [-0.39, 0.29) is 5.41 Å². The number of nitrogens with zero attached hydrogens (tertiary/aromatic N) is 3. The predicted octanol–water partition coefficient (Wildman–Crippen LogP) is 1.98. The zero-order chi connectivity index (χ0) is 10.6. The molecule has 1 aromatic rings. The van der Waals surface area contributed by atoms with Crippen LogP contribution in [0.5, 0.6) is 0 Å². The molecule has 0 aliphatic heterocycles. The Bertz CT molecular complexity index is 306. The lowest BCUT2D eigenvalue weighted by Gasteiger charge is -2.22. The van der Waals surface area contributed by atoms with Gasteiger partial charge in [-0.3, -0.25) is 4.68 Å². The van der Waals surface area contributed by atoms with Gasteiger partial charge in [-0.15, -0.1) is 11.6 Å². The normalized spacial score (nSPS) is 13.2. The van der Waals surface area contributed by atoms with E-state index in [1.807, 2.05) is 26.1 Å². The highest BCUT2D eigenvalue weighted by Gasteiger charge is 2.25. The van der Waals surface area contributed by atoms with Crippen LogP contribution >= 0.6 is 11.6 Å². The van der Waals surface area contributed by atoms with Gasteiger partial charge in [0.25, 0.3) is 0 Å². The van der Waals surface area contributed by atoms with E-state index in [0.29, 0.717) is 18.1 Å². The van der Waals surface area contributed by atoms with Crippen LogP contribution in [0.4, 0.5) is 0 Å². The van der Waals surface area contributed by atoms with Gasteiger partial charge in [-0.05, 0) is 6.07 Å². The van der Waals surface area contributed by atoms with Gasteiger partial charge in [-0.2, -0.15) is 5.10 Å². The summed E-state index contributed by atoms with van der Waals surface area (Å²) in [5.41, 5.74) is 0.304. The summed E-state index contributed by atoms with van der Waals surface area (Å²) in [5, 5.41) is 16.2. The molecule has 0 unspecified atom stereocenters. The van der Waals surface area contributed by atoms with Gasteiger partial charge in [-0.25, -0.2) is 0 Å². The van der Waals surface area contributed by atoms with E-state index in [1.165, 1.54) is 0 Å². The second kappa shape index (κ2) is 4.46. The van der Waals surface area contributed by atoms with Crippen molar-refractivity contribution in [3.05, 3.63) is 18.5 Å². The van der Waals surface area contributed by atoms with Crippen LogP contribution in [0.2, 0.25) is 0 Å². The molecule has 1 N–H and O–H groups in total. The standard InChI is InChI=1S/C9H14ClN3O/c1-9(2,7-10)8(12-14)6-13-5-3-4-11-13/h3-5,14H,6-7H2,1-2H3/b12-8-. The number of aromatic nitrogens is 2. The molecule has 4 nitrogen and oxygen atoms in total. The van der Waals surface area contributed by atoms with Crippen molar-refractivity contribution in [2.75, 3.05) is 5.88 Å². The average Bonchev–Trinajstić information content (AvgIpc) is 2.66. The first-order valence-electron chi connectivity index (χ1n) is 4.35. The first-order chi connectivity index (χ1) is 6.60. The van der Waals surface area contributed by atoms with Crippen molar-refractivity contribution in [1.82, 2.24) is 9.78 Å². The van der Waals surface area contributed by atoms with Crippen LogP contribution in [0, 0.1) is 5.41 Å². The van der Waals surface area contributed by atoms with Crippen molar-refractivity contribution < 1.29 is 5.21 Å². The van der Waals surface area contributed by atoms with Gasteiger partial charge in [0.05, 0.1) is 12.3 Å². The molecule has 0 amide bonds. The van der Waals surface area contributed by atoms with Crippen LogP contribution in [-0.2, 0) is 6.54 Å². The van der Waals surface area contributed by atoms with Crippen LogP contribution in [0.3, 0.4) is 0 Å². The van der Waals surface area contributed by atoms with Gasteiger partial charge < -0.3 is 5.21 Å². The van der Waals surface area contributed by atoms with Crippen LogP contribution in [0.1, 0.15) is 13.8 Å². The van der Waals surface area contributed by atoms with E-state index in [4.69, 9.17) is 16.8 Å². The zero-order valence-electron chi connectivity index (χ0n) is 8.31. The predicted molar refractivity (Wildman–Crippen MR) is 55.9 cm³/mol. The molecule has 0 saturated heterocycles. The fourth-order valence-corrected chi connectivity index (χ4v) is 1.16. The van der Waals surface area contributed by atoms with Crippen LogP contribution in [-0.4, -0.2) is 26.6 Å². The average molecular weight is 216 g/mol. The van der Waals surface area contributed by atoms with E-state index < -0.39 is 0 Å². The Morgan fingerprint density at radius 2 is 2.36 bits per heavy atom. The largest absolute Gasteiger partial charge is 0.411 e. The Labute approximate surface area is 88.2 Å². The molecule has 1 aromatic heterocycles. The first kappa shape index (κ1) is 11.0. The lowest BCUT2D eigenvalue weighted by molar-refractivity contribution is 0.307. The second-order valence-electron chi connectivity index (χ2n) is 3.77. The Kier molecular flexibility index (Phi) is 3.52. The van der Waals surface area contributed by atoms with Gasteiger partial charge in [0.15, 0.2) is 0 Å². The van der Waals surface area contributed by atoms with Gasteiger partial charge in [-0.1, -0.05) is 19.0 Å². The summed E-state index contributed by atoms with van der Waals surface area (Å²) in [6.07, 6.45) is 3.50. The van der Waals surface area contributed by atoms with Crippen molar-refractivity contribution in [3.63, 3.8) is 0 Å². The molecule has 1 rings (SSSR count). The third-order valence-corrected chi connectivity index (χ3v) is 2.78. The third kappa shape index (κ3) is 2.48.